The van der Waals surface area contributed by atoms with Gasteiger partial charge in [-0.15, -0.1) is 0 Å². The van der Waals surface area contributed by atoms with Crippen LogP contribution in [0.1, 0.15) is 22.8 Å². The van der Waals surface area contributed by atoms with E-state index in [1.54, 1.807) is 32.2 Å². The molecule has 6 heteroatoms. The van der Waals surface area contributed by atoms with E-state index in [4.69, 9.17) is 14.6 Å². The van der Waals surface area contributed by atoms with E-state index in [1.807, 2.05) is 0 Å². The zero-order valence-electron chi connectivity index (χ0n) is 12.0. The monoisotopic (exact) mass is 299 g/mol. The number of rotatable bonds is 2. The number of hydrogen-bond donors (Lipinski definition) is 1. The average Bonchev–Trinajstić information content (AvgIpc) is 2.62. The molecule has 0 saturated heterocycles. The van der Waals surface area contributed by atoms with Gasteiger partial charge in [0.25, 0.3) is 5.69 Å². The van der Waals surface area contributed by atoms with Gasteiger partial charge in [0.1, 0.15) is 11.5 Å². The van der Waals surface area contributed by atoms with Gasteiger partial charge in [0.15, 0.2) is 5.75 Å². The molecule has 22 heavy (non-hydrogen) atoms. The number of benzene rings is 2. The molecule has 1 N–H and O–H groups in total. The van der Waals surface area contributed by atoms with Crippen LogP contribution >= 0.6 is 0 Å². The van der Waals surface area contributed by atoms with E-state index in [1.165, 1.54) is 18.2 Å². The smallest absolute Gasteiger partial charge is 0.335 e. The molecule has 0 spiro atoms. The van der Waals surface area contributed by atoms with Crippen LogP contribution in [-0.2, 0) is 0 Å². The van der Waals surface area contributed by atoms with Crippen LogP contribution in [0.25, 0.3) is 0 Å². The Hall–Kier alpha value is -3.02. The van der Waals surface area contributed by atoms with Crippen LogP contribution in [0.2, 0.25) is 0 Å². The average molecular weight is 299 g/mol. The molecule has 0 saturated carbocycles. The number of aromatic carboxylic acids is 1. The van der Waals surface area contributed by atoms with Crippen molar-refractivity contribution < 1.29 is 24.1 Å². The van der Waals surface area contributed by atoms with Crippen molar-refractivity contribution in [1.29, 1.82) is 0 Å². The lowest BCUT2D eigenvalue weighted by atomic mass is 10.1. The highest BCUT2D eigenvalue weighted by molar-refractivity contribution is 5.99. The number of carbonyl (C=O) groups is 1. The largest absolute Gasteiger partial charge is 0.618 e. The second-order valence-electron chi connectivity index (χ2n) is 4.83. The van der Waals surface area contributed by atoms with Crippen molar-refractivity contribution in [3.8, 4) is 17.2 Å². The molecule has 0 aromatic heterocycles. The second-order valence-corrected chi connectivity index (χ2v) is 4.83. The van der Waals surface area contributed by atoms with E-state index in [0.29, 0.717) is 33.3 Å². The first-order valence-electron chi connectivity index (χ1n) is 6.55. The van der Waals surface area contributed by atoms with Crippen LogP contribution in [0.3, 0.4) is 0 Å². The number of nitrogens with zero attached hydrogens (tertiary/aromatic N) is 1. The second kappa shape index (κ2) is 5.07. The summed E-state index contributed by atoms with van der Waals surface area (Å²) >= 11 is 0. The van der Waals surface area contributed by atoms with Gasteiger partial charge in [-0.25, -0.2) is 4.79 Å². The quantitative estimate of drug-likeness (QED) is 0.680. The Morgan fingerprint density at radius 3 is 2.68 bits per heavy atom. The minimum absolute atomic E-state index is 0.0273. The van der Waals surface area contributed by atoms with E-state index >= 15 is 0 Å². The van der Waals surface area contributed by atoms with E-state index in [0.717, 1.165) is 0 Å². The SMILES string of the molecule is COc1ccc2c(c1)Oc1ccc(C(=O)O)cc1[N+]([O-])=C2C. The molecule has 0 radical (unpaired) electrons. The van der Waals surface area contributed by atoms with Gasteiger partial charge in [0, 0.05) is 19.1 Å². The minimum Gasteiger partial charge on any atom is -0.618 e. The van der Waals surface area contributed by atoms with E-state index in [-0.39, 0.29) is 11.3 Å². The maximum absolute atomic E-state index is 12.5. The molecule has 6 nitrogen and oxygen atoms in total. The third kappa shape index (κ3) is 2.14. The van der Waals surface area contributed by atoms with Crippen LogP contribution < -0.4 is 9.47 Å². The fourth-order valence-electron chi connectivity index (χ4n) is 2.32. The minimum atomic E-state index is -1.10. The number of carboxylic acid groups (broad SMARTS) is 1. The van der Waals surface area contributed by atoms with Crippen LogP contribution in [0, 0.1) is 5.21 Å². The highest BCUT2D eigenvalue weighted by Crippen LogP contribution is 2.38. The molecule has 0 atom stereocenters. The van der Waals surface area contributed by atoms with Gasteiger partial charge in [-0.3, -0.25) is 0 Å². The summed E-state index contributed by atoms with van der Waals surface area (Å²) in [5.41, 5.74) is 1.23. The van der Waals surface area contributed by atoms with Gasteiger partial charge in [-0.1, -0.05) is 0 Å². The molecule has 0 aliphatic carbocycles. The molecule has 2 aromatic carbocycles. The Bertz CT molecular complexity index is 810. The highest BCUT2D eigenvalue weighted by Gasteiger charge is 2.26. The van der Waals surface area contributed by atoms with Crippen LogP contribution in [0.15, 0.2) is 36.4 Å². The topological polar surface area (TPSA) is 81.8 Å². The Kier molecular flexibility index (Phi) is 3.21. The number of carboxylic acids is 1. The fraction of sp³-hybridized carbons (Fsp3) is 0.125. The zero-order valence-corrected chi connectivity index (χ0v) is 12.0. The third-order valence-electron chi connectivity index (χ3n) is 3.53. The van der Waals surface area contributed by atoms with Crippen molar-refractivity contribution in [2.45, 2.75) is 6.92 Å². The van der Waals surface area contributed by atoms with Crippen LogP contribution in [0.5, 0.6) is 17.2 Å². The normalized spacial score (nSPS) is 12.8. The highest BCUT2D eigenvalue weighted by atomic mass is 16.5. The lowest BCUT2D eigenvalue weighted by Crippen LogP contribution is -2.08. The van der Waals surface area contributed by atoms with Crippen molar-refractivity contribution in [2.24, 2.45) is 0 Å². The predicted octanol–water partition coefficient (Wildman–Crippen LogP) is 3.15. The summed E-state index contributed by atoms with van der Waals surface area (Å²) in [6.07, 6.45) is 0. The number of methoxy groups -OCH3 is 1. The summed E-state index contributed by atoms with van der Waals surface area (Å²) in [6, 6.07) is 9.34. The number of fused-ring (bicyclic) bond motifs is 2. The Morgan fingerprint density at radius 1 is 1.23 bits per heavy atom. The standard InChI is InChI=1S/C16H13NO5/c1-9-12-5-4-11(21-2)8-15(12)22-14-6-3-10(16(18)19)7-13(14)17(9)20/h3-8H,1-2H3,(H,18,19). The van der Waals surface area contributed by atoms with E-state index in [9.17, 15) is 10.0 Å². The maximum Gasteiger partial charge on any atom is 0.335 e. The molecule has 1 aliphatic heterocycles. The third-order valence-corrected chi connectivity index (χ3v) is 3.53. The molecule has 112 valence electrons. The first-order valence-corrected chi connectivity index (χ1v) is 6.55. The first-order chi connectivity index (χ1) is 10.5. The summed E-state index contributed by atoms with van der Waals surface area (Å²) < 4.78 is 11.6. The fourth-order valence-corrected chi connectivity index (χ4v) is 2.32. The van der Waals surface area contributed by atoms with Crippen LogP contribution in [-0.4, -0.2) is 28.6 Å². The number of hydrogen-bond acceptors (Lipinski definition) is 4. The van der Waals surface area contributed by atoms with Gasteiger partial charge in [0.2, 0.25) is 5.71 Å². The lowest BCUT2D eigenvalue weighted by molar-refractivity contribution is -0.360. The van der Waals surface area contributed by atoms with Crippen LogP contribution in [0.4, 0.5) is 5.69 Å². The molecular formula is C16H13NO5. The van der Waals surface area contributed by atoms with E-state index in [2.05, 4.69) is 0 Å². The summed E-state index contributed by atoms with van der Waals surface area (Å²) in [5, 5.41) is 21.6. The maximum atomic E-state index is 12.5. The summed E-state index contributed by atoms with van der Waals surface area (Å²) in [5.74, 6) is 0.290. The van der Waals surface area contributed by atoms with Crippen molar-refractivity contribution in [1.82, 2.24) is 0 Å². The molecule has 1 aliphatic rings. The summed E-state index contributed by atoms with van der Waals surface area (Å²) in [7, 11) is 1.54. The number of ether oxygens (including phenoxy) is 2. The molecule has 0 amide bonds. The van der Waals surface area contributed by atoms with Crippen molar-refractivity contribution in [3.63, 3.8) is 0 Å². The molecular weight excluding hydrogens is 286 g/mol. The van der Waals surface area contributed by atoms with E-state index < -0.39 is 5.97 Å². The molecule has 0 unspecified atom stereocenters. The predicted molar refractivity (Wildman–Crippen MR) is 79.5 cm³/mol. The van der Waals surface area contributed by atoms with Crippen molar-refractivity contribution in [2.75, 3.05) is 7.11 Å². The van der Waals surface area contributed by atoms with Gasteiger partial charge in [0.05, 0.1) is 18.2 Å². The van der Waals surface area contributed by atoms with Gasteiger partial charge >= 0.3 is 5.97 Å². The van der Waals surface area contributed by atoms with Crippen molar-refractivity contribution >= 4 is 17.4 Å². The molecule has 0 bridgehead atoms. The van der Waals surface area contributed by atoms with Gasteiger partial charge in [-0.05, 0) is 24.3 Å². The Labute approximate surface area is 126 Å². The lowest BCUT2D eigenvalue weighted by Gasteiger charge is -2.08. The summed E-state index contributed by atoms with van der Waals surface area (Å²) in [6.45, 7) is 1.66. The Balaban J connectivity index is 2.23. The molecule has 0 fully saturated rings. The molecule has 2 aromatic rings. The Morgan fingerprint density at radius 2 is 2.00 bits per heavy atom. The summed E-state index contributed by atoms with van der Waals surface area (Å²) in [4.78, 5) is 11.1. The van der Waals surface area contributed by atoms with Gasteiger partial charge < -0.3 is 19.8 Å². The molecule has 3 rings (SSSR count). The van der Waals surface area contributed by atoms with Gasteiger partial charge in [-0.2, -0.15) is 4.74 Å². The zero-order chi connectivity index (χ0) is 15.9. The molecule has 1 heterocycles. The van der Waals surface area contributed by atoms with Crippen molar-refractivity contribution in [3.05, 3.63) is 52.7 Å². The first kappa shape index (κ1) is 13.9.